The molecule has 5 N–H and O–H groups in total. The van der Waals surface area contributed by atoms with Crippen LogP contribution in [0.4, 0.5) is 0 Å². The molecule has 2 atom stereocenters. The SMILES string of the molecule is O=C(c1ccc(CCNC[C@H](O)c2ccc(O)c3[nH]c(=O)ccc23)cc1)N1CCC2(CC1)CCN(C(=O)c1ccc(COc3cccc([C@](O)(C(=O)OCC4CCN(Cc5ccccc5)CC4)c4ccccc4)c3)cc1)CC2. The van der Waals surface area contributed by atoms with E-state index in [0.717, 1.165) is 69.3 Å². The van der Waals surface area contributed by atoms with Crippen LogP contribution < -0.4 is 15.6 Å². The average molecular weight is 1050 g/mol. The Balaban J connectivity index is 0.655. The Bertz CT molecular complexity index is 3220. The van der Waals surface area contributed by atoms with Crippen LogP contribution in [0.15, 0.2) is 163 Å². The maximum Gasteiger partial charge on any atom is 0.347 e. The van der Waals surface area contributed by atoms with Crippen molar-refractivity contribution in [2.75, 3.05) is 59.0 Å². The lowest BCUT2D eigenvalue weighted by atomic mass is 9.71. The molecule has 2 amide bonds. The Kier molecular flexibility index (Phi) is 16.8. The van der Waals surface area contributed by atoms with E-state index in [-0.39, 0.29) is 54.2 Å². The molecule has 3 aliphatic heterocycles. The second-order valence-electron chi connectivity index (χ2n) is 21.4. The molecule has 1 aromatic heterocycles. The molecular formula is C64H69N5O9. The summed E-state index contributed by atoms with van der Waals surface area (Å²) in [5.41, 5.74) is 3.88. The van der Waals surface area contributed by atoms with Crippen LogP contribution in [0.1, 0.15) is 98.7 Å². The number of aromatic amines is 1. The number of nitrogens with zero attached hydrogens (tertiary/aromatic N) is 3. The van der Waals surface area contributed by atoms with Crippen LogP contribution in [0.3, 0.4) is 0 Å². The van der Waals surface area contributed by atoms with Gasteiger partial charge in [0.1, 0.15) is 18.1 Å². The molecule has 3 saturated heterocycles. The van der Waals surface area contributed by atoms with Crippen molar-refractivity contribution in [1.29, 1.82) is 0 Å². The molecule has 0 bridgehead atoms. The zero-order valence-electron chi connectivity index (χ0n) is 44.0. The predicted octanol–water partition coefficient (Wildman–Crippen LogP) is 8.53. The van der Waals surface area contributed by atoms with Crippen LogP contribution in [0.5, 0.6) is 11.5 Å². The van der Waals surface area contributed by atoms with Gasteiger partial charge in [-0.25, -0.2) is 4.79 Å². The number of piperidine rings is 3. The number of esters is 1. The average Bonchev–Trinajstić information content (AvgIpc) is 3.48. The second kappa shape index (κ2) is 24.4. The molecule has 0 unspecified atom stereocenters. The van der Waals surface area contributed by atoms with Crippen LogP contribution in [-0.2, 0) is 34.7 Å². The number of aromatic hydroxyl groups is 1. The maximum atomic E-state index is 14.0. The fraction of sp³-hybridized carbons (Fsp3) is 0.344. The summed E-state index contributed by atoms with van der Waals surface area (Å²) in [6, 6.07) is 47.6. The number of carbonyl (C=O) groups is 3. The summed E-state index contributed by atoms with van der Waals surface area (Å²) in [4.78, 5) is 62.1. The number of carbonyl (C=O) groups excluding carboxylic acids is 3. The molecule has 6 aromatic carbocycles. The number of fused-ring (bicyclic) bond motifs is 1. The number of phenols is 1. The molecule has 78 heavy (non-hydrogen) atoms. The summed E-state index contributed by atoms with van der Waals surface area (Å²) >= 11 is 0. The van der Waals surface area contributed by atoms with Crippen molar-refractivity contribution in [1.82, 2.24) is 25.0 Å². The van der Waals surface area contributed by atoms with Gasteiger partial charge in [-0.15, -0.1) is 0 Å². The Hall–Kier alpha value is -7.62. The van der Waals surface area contributed by atoms with E-state index < -0.39 is 17.7 Å². The summed E-state index contributed by atoms with van der Waals surface area (Å²) in [5.74, 6) is -0.0632. The number of hydrogen-bond acceptors (Lipinski definition) is 11. The lowest BCUT2D eigenvalue weighted by Crippen LogP contribution is -2.49. The lowest BCUT2D eigenvalue weighted by molar-refractivity contribution is -0.164. The van der Waals surface area contributed by atoms with Gasteiger partial charge in [-0.1, -0.05) is 103 Å². The normalized spacial score (nSPS) is 17.1. The number of ether oxygens (including phenoxy) is 2. The Labute approximate surface area is 455 Å². The van der Waals surface area contributed by atoms with Crippen molar-refractivity contribution in [2.45, 2.75) is 69.8 Å². The van der Waals surface area contributed by atoms with Gasteiger partial charge >= 0.3 is 5.97 Å². The second-order valence-corrected chi connectivity index (χ2v) is 21.4. The fourth-order valence-electron chi connectivity index (χ4n) is 11.4. The van der Waals surface area contributed by atoms with Crippen LogP contribution in [-0.4, -0.2) is 112 Å². The standard InChI is InChI=1S/C64H69N5O9/c70-56-24-22-54(55-23-25-58(72)66-59(55)56)57(71)41-65-33-26-45-14-18-49(19-15-45)60(73)68-36-29-63(30-37-68)31-38-69(39-32-63)61(74)50-20-16-47(17-21-50)43-77-53-13-7-12-52(40-53)64(76,51-10-5-2-6-11-51)62(75)78-44-48-27-34-67(35-28-48)42-46-8-3-1-4-9-46/h1-25,40,48,57,65,70-71,76H,26-39,41-44H2,(H,66,72)/t57-,64-/m0/s1. The van der Waals surface area contributed by atoms with Crippen LogP contribution >= 0.6 is 0 Å². The van der Waals surface area contributed by atoms with Crippen LogP contribution in [0.2, 0.25) is 0 Å². The minimum atomic E-state index is -2.05. The number of pyridine rings is 1. The third kappa shape index (κ3) is 12.5. The topological polar surface area (TPSA) is 185 Å². The maximum absolute atomic E-state index is 14.0. The molecule has 1 spiro atoms. The van der Waals surface area contributed by atoms with Gasteiger partial charge in [-0.05, 0) is 152 Å². The number of rotatable bonds is 18. The first-order valence-corrected chi connectivity index (χ1v) is 27.4. The largest absolute Gasteiger partial charge is 0.506 e. The molecule has 0 radical (unpaired) electrons. The van der Waals surface area contributed by atoms with Crippen molar-refractivity contribution in [3.05, 3.63) is 213 Å². The van der Waals surface area contributed by atoms with Crippen LogP contribution in [0.25, 0.3) is 10.9 Å². The van der Waals surface area contributed by atoms with Crippen molar-refractivity contribution in [2.24, 2.45) is 11.3 Å². The van der Waals surface area contributed by atoms with E-state index in [2.05, 4.69) is 39.5 Å². The first kappa shape index (κ1) is 53.8. The molecule has 0 saturated carbocycles. The van der Waals surface area contributed by atoms with Crippen molar-refractivity contribution in [3.8, 4) is 11.5 Å². The number of nitrogens with one attached hydrogen (secondary N) is 2. The van der Waals surface area contributed by atoms with Crippen molar-refractivity contribution >= 4 is 28.7 Å². The number of benzene rings is 6. The predicted molar refractivity (Wildman–Crippen MR) is 299 cm³/mol. The lowest BCUT2D eigenvalue weighted by Gasteiger charge is -2.47. The van der Waals surface area contributed by atoms with E-state index in [9.17, 15) is 34.5 Å². The monoisotopic (exact) mass is 1050 g/mol. The molecule has 4 heterocycles. The fourth-order valence-corrected chi connectivity index (χ4v) is 11.4. The first-order chi connectivity index (χ1) is 37.9. The minimum Gasteiger partial charge on any atom is -0.506 e. The zero-order valence-corrected chi connectivity index (χ0v) is 44.0. The van der Waals surface area contributed by atoms with Gasteiger partial charge in [-0.2, -0.15) is 0 Å². The number of H-pyrrole nitrogens is 1. The van der Waals surface area contributed by atoms with Gasteiger partial charge in [-0.3, -0.25) is 19.3 Å². The number of aliphatic hydroxyl groups excluding tert-OH is 1. The van der Waals surface area contributed by atoms with E-state index in [1.54, 1.807) is 60.7 Å². The number of phenolic OH excluding ortho intramolecular Hbond substituents is 1. The first-order valence-electron chi connectivity index (χ1n) is 27.4. The highest BCUT2D eigenvalue weighted by molar-refractivity contribution is 5.95. The van der Waals surface area contributed by atoms with E-state index in [4.69, 9.17) is 9.47 Å². The summed E-state index contributed by atoms with van der Waals surface area (Å²) in [5, 5.41) is 37.2. The molecule has 14 nitrogen and oxygen atoms in total. The third-order valence-corrected chi connectivity index (χ3v) is 16.4. The molecule has 0 aliphatic carbocycles. The number of amides is 2. The summed E-state index contributed by atoms with van der Waals surface area (Å²) < 4.78 is 12.2. The number of likely N-dealkylation sites (tertiary alicyclic amines) is 3. The molecular weight excluding hydrogens is 983 g/mol. The van der Waals surface area contributed by atoms with E-state index in [1.165, 1.54) is 17.7 Å². The molecule has 404 valence electrons. The molecule has 3 fully saturated rings. The third-order valence-electron chi connectivity index (χ3n) is 16.4. The Morgan fingerprint density at radius 3 is 1.92 bits per heavy atom. The Morgan fingerprint density at radius 2 is 1.28 bits per heavy atom. The van der Waals surface area contributed by atoms with Gasteiger partial charge in [0.25, 0.3) is 11.8 Å². The van der Waals surface area contributed by atoms with Crippen molar-refractivity contribution in [3.63, 3.8) is 0 Å². The molecule has 10 rings (SSSR count). The van der Waals surface area contributed by atoms with Crippen LogP contribution in [0, 0.1) is 11.3 Å². The van der Waals surface area contributed by atoms with Gasteiger partial charge in [0.05, 0.1) is 18.2 Å². The highest BCUT2D eigenvalue weighted by Crippen LogP contribution is 2.42. The summed E-state index contributed by atoms with van der Waals surface area (Å²) in [6.07, 6.45) is 5.25. The van der Waals surface area contributed by atoms with E-state index in [1.807, 2.05) is 70.5 Å². The van der Waals surface area contributed by atoms with E-state index in [0.29, 0.717) is 83.6 Å². The highest BCUT2D eigenvalue weighted by Gasteiger charge is 2.43. The molecule has 14 heteroatoms. The van der Waals surface area contributed by atoms with Gasteiger partial charge < -0.3 is 44.9 Å². The zero-order chi connectivity index (χ0) is 54.1. The molecule has 7 aromatic rings. The minimum absolute atomic E-state index is 0.00238. The smallest absolute Gasteiger partial charge is 0.347 e. The summed E-state index contributed by atoms with van der Waals surface area (Å²) in [7, 11) is 0. The Morgan fingerprint density at radius 1 is 0.679 bits per heavy atom. The number of aliphatic hydroxyl groups is 2. The van der Waals surface area contributed by atoms with Gasteiger partial charge in [0.15, 0.2) is 0 Å². The molecule has 3 aliphatic rings. The highest BCUT2D eigenvalue weighted by atomic mass is 16.5. The van der Waals surface area contributed by atoms with E-state index >= 15 is 0 Å². The van der Waals surface area contributed by atoms with Gasteiger partial charge in [0, 0.05) is 67.4 Å². The quantitative estimate of drug-likeness (QED) is 0.0410. The summed E-state index contributed by atoms with van der Waals surface area (Å²) in [6.45, 7) is 6.75. The van der Waals surface area contributed by atoms with Gasteiger partial charge in [0.2, 0.25) is 11.2 Å². The number of aromatic nitrogens is 1. The number of hydrogen-bond donors (Lipinski definition) is 5. The van der Waals surface area contributed by atoms with Crippen molar-refractivity contribution < 1.29 is 39.2 Å².